The van der Waals surface area contributed by atoms with Crippen molar-refractivity contribution >= 4 is 35.6 Å². The third kappa shape index (κ3) is 12.0. The highest BCUT2D eigenvalue weighted by molar-refractivity contribution is 5.94. The van der Waals surface area contributed by atoms with Crippen LogP contribution in [0.4, 0.5) is 0 Å². The molecule has 13 nitrogen and oxygen atoms in total. The number of nitrogens with one attached hydrogen (secondary N) is 3. The molecular weight excluding hydrogens is 458 g/mol. The summed E-state index contributed by atoms with van der Waals surface area (Å²) in [5, 5.41) is 16.4. The Morgan fingerprint density at radius 2 is 1.46 bits per heavy atom. The largest absolute Gasteiger partial charge is 0.481 e. The number of hydrogen-bond acceptors (Lipinski definition) is 6. The van der Waals surface area contributed by atoms with E-state index in [1.807, 2.05) is 0 Å². The number of amides is 4. The van der Waals surface area contributed by atoms with Gasteiger partial charge in [-0.2, -0.15) is 0 Å². The Hall–Kier alpha value is -4.16. The molecule has 0 unspecified atom stereocenters. The van der Waals surface area contributed by atoms with Crippen LogP contribution >= 0.6 is 0 Å². The molecule has 1 aromatic carbocycles. The van der Waals surface area contributed by atoms with Gasteiger partial charge in [0.2, 0.25) is 23.6 Å². The molecule has 0 aliphatic heterocycles. The zero-order valence-corrected chi connectivity index (χ0v) is 19.5. The minimum atomic E-state index is -1.17. The number of carboxylic acids is 1. The van der Waals surface area contributed by atoms with E-state index in [0.717, 1.165) is 5.56 Å². The summed E-state index contributed by atoms with van der Waals surface area (Å²) in [4.78, 5) is 64.0. The van der Waals surface area contributed by atoms with Gasteiger partial charge < -0.3 is 38.3 Å². The zero-order valence-electron chi connectivity index (χ0n) is 19.5. The second-order valence-electron chi connectivity index (χ2n) is 7.85. The molecule has 10 N–H and O–H groups in total. The van der Waals surface area contributed by atoms with E-state index in [1.54, 1.807) is 30.3 Å². The monoisotopic (exact) mass is 491 g/mol. The second-order valence-corrected chi connectivity index (χ2v) is 7.85. The van der Waals surface area contributed by atoms with Crippen LogP contribution in [0.15, 0.2) is 35.3 Å². The number of primary amides is 1. The lowest BCUT2D eigenvalue weighted by molar-refractivity contribution is -0.138. The standard InChI is InChI=1S/C22H33N7O6/c1-13(30)27-16(9-10-18(31)32)21(35)28-15(8-5-11-26-22(24)25)20(34)29-17(19(23)33)12-14-6-3-2-4-7-14/h2-4,6-7,15-17H,5,8-12H2,1H3,(H2,23,33)(H,27,30)(H,28,35)(H,29,34)(H,31,32)(H4,24,25,26)/t15-,16-,17-/m0/s1. The maximum Gasteiger partial charge on any atom is 0.303 e. The Labute approximate surface area is 202 Å². The lowest BCUT2D eigenvalue weighted by Gasteiger charge is -2.24. The summed E-state index contributed by atoms with van der Waals surface area (Å²) in [7, 11) is 0. The molecular formula is C22H33N7O6. The summed E-state index contributed by atoms with van der Waals surface area (Å²) < 4.78 is 0. The van der Waals surface area contributed by atoms with Crippen LogP contribution in [0.5, 0.6) is 0 Å². The number of aliphatic imine (C=N–C) groups is 1. The fraction of sp³-hybridized carbons (Fsp3) is 0.455. The quantitative estimate of drug-likeness (QED) is 0.0830. The van der Waals surface area contributed by atoms with E-state index in [2.05, 4.69) is 20.9 Å². The molecule has 0 saturated carbocycles. The summed E-state index contributed by atoms with van der Waals surface area (Å²) in [6.45, 7) is 1.36. The third-order valence-corrected chi connectivity index (χ3v) is 4.86. The van der Waals surface area contributed by atoms with E-state index in [1.165, 1.54) is 6.92 Å². The molecule has 0 heterocycles. The molecule has 192 valence electrons. The molecule has 0 spiro atoms. The first kappa shape index (κ1) is 28.9. The Morgan fingerprint density at radius 1 is 0.886 bits per heavy atom. The highest BCUT2D eigenvalue weighted by atomic mass is 16.4. The molecule has 0 saturated heterocycles. The van der Waals surface area contributed by atoms with Gasteiger partial charge in [0.15, 0.2) is 5.96 Å². The smallest absolute Gasteiger partial charge is 0.303 e. The van der Waals surface area contributed by atoms with E-state index in [9.17, 15) is 24.0 Å². The maximum atomic E-state index is 13.0. The van der Waals surface area contributed by atoms with Crippen molar-refractivity contribution in [1.29, 1.82) is 0 Å². The van der Waals surface area contributed by atoms with Crippen molar-refractivity contribution in [1.82, 2.24) is 16.0 Å². The number of rotatable bonds is 15. The molecule has 0 bridgehead atoms. The van der Waals surface area contributed by atoms with Crippen molar-refractivity contribution in [2.45, 2.75) is 57.2 Å². The van der Waals surface area contributed by atoms with Gasteiger partial charge in [0.1, 0.15) is 18.1 Å². The SMILES string of the molecule is CC(=O)N[C@@H](CCC(=O)O)C(=O)N[C@@H](CCCN=C(N)N)C(=O)N[C@@H](Cc1ccccc1)C(N)=O. The summed E-state index contributed by atoms with van der Waals surface area (Å²) in [6, 6.07) is 5.57. The van der Waals surface area contributed by atoms with Crippen LogP contribution in [0.1, 0.15) is 38.2 Å². The molecule has 3 atom stereocenters. The fourth-order valence-corrected chi connectivity index (χ4v) is 3.17. The number of carbonyl (C=O) groups excluding carboxylic acids is 4. The topological polar surface area (TPSA) is 232 Å². The van der Waals surface area contributed by atoms with Gasteiger partial charge in [0.05, 0.1) is 0 Å². The molecule has 0 aliphatic carbocycles. The number of aliphatic carboxylic acids is 1. The average molecular weight is 492 g/mol. The van der Waals surface area contributed by atoms with E-state index < -0.39 is 47.7 Å². The number of guanidine groups is 1. The first-order chi connectivity index (χ1) is 16.5. The van der Waals surface area contributed by atoms with E-state index in [-0.39, 0.29) is 38.2 Å². The number of benzene rings is 1. The lowest BCUT2D eigenvalue weighted by Crippen LogP contribution is -2.56. The van der Waals surface area contributed by atoms with E-state index >= 15 is 0 Å². The molecule has 1 aromatic rings. The van der Waals surface area contributed by atoms with Gasteiger partial charge in [-0.3, -0.25) is 29.0 Å². The predicted molar refractivity (Wildman–Crippen MR) is 128 cm³/mol. The minimum Gasteiger partial charge on any atom is -0.481 e. The molecule has 0 aliphatic rings. The van der Waals surface area contributed by atoms with Crippen LogP contribution in [0, 0.1) is 0 Å². The Balaban J connectivity index is 3.00. The average Bonchev–Trinajstić information content (AvgIpc) is 2.78. The van der Waals surface area contributed by atoms with Crippen molar-refractivity contribution in [2.75, 3.05) is 6.54 Å². The number of nitrogens with zero attached hydrogens (tertiary/aromatic N) is 1. The molecule has 1 rings (SSSR count). The van der Waals surface area contributed by atoms with Crippen molar-refractivity contribution in [2.24, 2.45) is 22.2 Å². The maximum absolute atomic E-state index is 13.0. The van der Waals surface area contributed by atoms with Crippen molar-refractivity contribution in [3.05, 3.63) is 35.9 Å². The number of hydrogen-bond donors (Lipinski definition) is 7. The van der Waals surface area contributed by atoms with Crippen LogP contribution in [0.3, 0.4) is 0 Å². The predicted octanol–water partition coefficient (Wildman–Crippen LogP) is -1.89. The second kappa shape index (κ2) is 14.9. The number of carbonyl (C=O) groups is 5. The Bertz CT molecular complexity index is 918. The summed E-state index contributed by atoms with van der Waals surface area (Å²) in [5.41, 5.74) is 16.8. The van der Waals surface area contributed by atoms with Crippen molar-refractivity contribution in [3.8, 4) is 0 Å². The third-order valence-electron chi connectivity index (χ3n) is 4.86. The zero-order chi connectivity index (χ0) is 26.4. The van der Waals surface area contributed by atoms with E-state index in [4.69, 9.17) is 22.3 Å². The Morgan fingerprint density at radius 3 is 1.97 bits per heavy atom. The Kier molecular flexibility index (Phi) is 12.3. The van der Waals surface area contributed by atoms with E-state index in [0.29, 0.717) is 6.42 Å². The molecule has 0 fully saturated rings. The fourth-order valence-electron chi connectivity index (χ4n) is 3.17. The van der Waals surface area contributed by atoms with Crippen molar-refractivity contribution < 1.29 is 29.1 Å². The first-order valence-electron chi connectivity index (χ1n) is 11.0. The number of nitrogens with two attached hydrogens (primary N) is 3. The molecule has 13 heteroatoms. The van der Waals surface area contributed by atoms with Gasteiger partial charge in [-0.05, 0) is 24.8 Å². The normalized spacial score (nSPS) is 12.9. The first-order valence-corrected chi connectivity index (χ1v) is 11.0. The van der Waals surface area contributed by atoms with Crippen LogP contribution in [-0.4, -0.2) is 65.3 Å². The highest BCUT2D eigenvalue weighted by Gasteiger charge is 2.29. The van der Waals surface area contributed by atoms with Crippen LogP contribution < -0.4 is 33.2 Å². The molecule has 0 radical (unpaired) electrons. The van der Waals surface area contributed by atoms with Crippen LogP contribution in [0.2, 0.25) is 0 Å². The minimum absolute atomic E-state index is 0.0941. The lowest BCUT2D eigenvalue weighted by atomic mass is 10.0. The highest BCUT2D eigenvalue weighted by Crippen LogP contribution is 2.07. The van der Waals surface area contributed by atoms with Gasteiger partial charge >= 0.3 is 5.97 Å². The van der Waals surface area contributed by atoms with Gasteiger partial charge in [-0.1, -0.05) is 30.3 Å². The van der Waals surface area contributed by atoms with Crippen LogP contribution in [-0.2, 0) is 30.4 Å². The van der Waals surface area contributed by atoms with Gasteiger partial charge in [0, 0.05) is 26.3 Å². The van der Waals surface area contributed by atoms with Crippen molar-refractivity contribution in [3.63, 3.8) is 0 Å². The molecule has 35 heavy (non-hydrogen) atoms. The number of carboxylic acid groups (broad SMARTS) is 1. The van der Waals surface area contributed by atoms with Gasteiger partial charge in [-0.15, -0.1) is 0 Å². The summed E-state index contributed by atoms with van der Waals surface area (Å²) in [6.07, 6.45) is -0.0156. The summed E-state index contributed by atoms with van der Waals surface area (Å²) in [5.74, 6) is -4.01. The van der Waals surface area contributed by atoms with Crippen LogP contribution in [0.25, 0.3) is 0 Å². The van der Waals surface area contributed by atoms with Gasteiger partial charge in [0.25, 0.3) is 0 Å². The van der Waals surface area contributed by atoms with Gasteiger partial charge in [-0.25, -0.2) is 0 Å². The molecule has 4 amide bonds. The summed E-state index contributed by atoms with van der Waals surface area (Å²) >= 11 is 0. The molecule has 0 aromatic heterocycles.